The Kier molecular flexibility index (Phi) is 36.2. The first-order valence-electron chi connectivity index (χ1n) is 21.0. The Balaban J connectivity index is 4.28. The number of phosphoric acid groups is 1. The molecule has 0 heterocycles. The lowest BCUT2D eigenvalue weighted by atomic mass is 10.0. The maximum Gasteiger partial charge on any atom is 0.472 e. The number of hydrogen-bond donors (Lipinski definition) is 4. The van der Waals surface area contributed by atoms with Crippen molar-refractivity contribution in [2.24, 2.45) is 5.73 Å². The monoisotopic (exact) mass is 776 g/mol. The Morgan fingerprint density at radius 3 is 1.68 bits per heavy atom. The molecule has 0 aromatic carbocycles. The molecule has 5 N–H and O–H groups in total. The van der Waals surface area contributed by atoms with Gasteiger partial charge in [0, 0.05) is 19.4 Å². The molecule has 53 heavy (non-hydrogen) atoms. The van der Waals surface area contributed by atoms with Crippen molar-refractivity contribution >= 4 is 19.8 Å². The molecule has 4 atom stereocenters. The largest absolute Gasteiger partial charge is 0.472 e. The topological polar surface area (TPSA) is 175 Å². The van der Waals surface area contributed by atoms with Gasteiger partial charge in [-0.15, -0.1) is 0 Å². The molecule has 0 aliphatic heterocycles. The van der Waals surface area contributed by atoms with Gasteiger partial charge in [0.1, 0.15) is 6.61 Å². The standard InChI is InChI=1S/C41H78NO10P/c1-3-5-7-8-9-10-11-12-13-14-15-16-20-23-27-31-40(45)49-35-37(36-51-53(47,48)50-34-33-42)52-41(46)32-28-24-21-18-17-19-22-26-30-39(44)38(43)29-25-6-4-2/h12-13,22,26,37-39,43-44H,3-11,14-21,23-25,27-36,42H2,1-2H3,(H,47,48)/b13-12-,26-22-. The predicted molar refractivity (Wildman–Crippen MR) is 213 cm³/mol. The summed E-state index contributed by atoms with van der Waals surface area (Å²) in [6, 6.07) is 0. The normalized spacial score (nSPS) is 14.8. The van der Waals surface area contributed by atoms with Gasteiger partial charge in [-0.3, -0.25) is 18.6 Å². The highest BCUT2D eigenvalue weighted by Crippen LogP contribution is 2.43. The third-order valence-corrected chi connectivity index (χ3v) is 9.99. The summed E-state index contributed by atoms with van der Waals surface area (Å²) >= 11 is 0. The number of allylic oxidation sites excluding steroid dienone is 3. The summed E-state index contributed by atoms with van der Waals surface area (Å²) in [4.78, 5) is 34.8. The maximum absolute atomic E-state index is 12.6. The molecule has 0 bridgehead atoms. The van der Waals surface area contributed by atoms with E-state index in [1.54, 1.807) is 0 Å². The molecule has 4 unspecified atom stereocenters. The summed E-state index contributed by atoms with van der Waals surface area (Å²) < 4.78 is 32.6. The average molecular weight is 776 g/mol. The second kappa shape index (κ2) is 37.3. The zero-order valence-corrected chi connectivity index (χ0v) is 34.4. The Hall–Kier alpha value is -1.59. The van der Waals surface area contributed by atoms with Crippen molar-refractivity contribution in [3.05, 3.63) is 24.3 Å². The Morgan fingerprint density at radius 1 is 0.623 bits per heavy atom. The van der Waals surface area contributed by atoms with E-state index in [4.69, 9.17) is 24.3 Å². The van der Waals surface area contributed by atoms with Crippen LogP contribution in [0.2, 0.25) is 0 Å². The number of carbonyl (C=O) groups is 2. The first kappa shape index (κ1) is 51.4. The summed E-state index contributed by atoms with van der Waals surface area (Å²) in [7, 11) is -4.40. The quantitative estimate of drug-likeness (QED) is 0.0203. The molecule has 0 amide bonds. The van der Waals surface area contributed by atoms with E-state index in [0.717, 1.165) is 83.5 Å². The van der Waals surface area contributed by atoms with E-state index in [1.807, 2.05) is 12.2 Å². The van der Waals surface area contributed by atoms with E-state index in [2.05, 4.69) is 26.0 Å². The van der Waals surface area contributed by atoms with Crippen LogP contribution in [0.25, 0.3) is 0 Å². The number of rotatable bonds is 39. The molecule has 0 fully saturated rings. The van der Waals surface area contributed by atoms with Crippen molar-refractivity contribution in [3.8, 4) is 0 Å². The third kappa shape index (κ3) is 35.8. The maximum atomic E-state index is 12.6. The van der Waals surface area contributed by atoms with Crippen molar-refractivity contribution in [1.29, 1.82) is 0 Å². The van der Waals surface area contributed by atoms with E-state index in [1.165, 1.54) is 44.9 Å². The smallest absolute Gasteiger partial charge is 0.462 e. The molecule has 0 saturated heterocycles. The predicted octanol–water partition coefficient (Wildman–Crippen LogP) is 9.55. The van der Waals surface area contributed by atoms with Crippen molar-refractivity contribution in [2.75, 3.05) is 26.4 Å². The average Bonchev–Trinajstić information content (AvgIpc) is 3.14. The van der Waals surface area contributed by atoms with Crippen LogP contribution in [0, 0.1) is 0 Å². The molecule has 0 aliphatic carbocycles. The highest BCUT2D eigenvalue weighted by molar-refractivity contribution is 7.47. The van der Waals surface area contributed by atoms with E-state index in [9.17, 15) is 29.3 Å². The van der Waals surface area contributed by atoms with Crippen LogP contribution in [-0.2, 0) is 32.7 Å². The molecule has 0 aromatic rings. The van der Waals surface area contributed by atoms with Crippen LogP contribution in [-0.4, -0.2) is 71.7 Å². The fraction of sp³-hybridized carbons (Fsp3) is 0.854. The van der Waals surface area contributed by atoms with Gasteiger partial charge >= 0.3 is 19.8 Å². The lowest BCUT2D eigenvalue weighted by Crippen LogP contribution is -2.29. The van der Waals surface area contributed by atoms with Crippen LogP contribution in [0.5, 0.6) is 0 Å². The van der Waals surface area contributed by atoms with Crippen LogP contribution in [0.1, 0.15) is 181 Å². The second-order valence-corrected chi connectivity index (χ2v) is 15.6. The number of carbonyl (C=O) groups excluding carboxylic acids is 2. The highest BCUT2D eigenvalue weighted by atomic mass is 31.2. The van der Waals surface area contributed by atoms with E-state index in [0.29, 0.717) is 25.7 Å². The summed E-state index contributed by atoms with van der Waals surface area (Å²) in [5, 5.41) is 20.1. The molecule has 12 heteroatoms. The van der Waals surface area contributed by atoms with Crippen molar-refractivity contribution in [3.63, 3.8) is 0 Å². The number of unbranched alkanes of at least 4 members (excludes halogenated alkanes) is 18. The summed E-state index contributed by atoms with van der Waals surface area (Å²) in [6.07, 6.45) is 31.1. The van der Waals surface area contributed by atoms with E-state index < -0.39 is 44.7 Å². The number of hydrogen-bond acceptors (Lipinski definition) is 10. The minimum absolute atomic E-state index is 0.0331. The molecule has 0 aliphatic rings. The number of aliphatic hydroxyl groups is 2. The number of esters is 2. The molecule has 11 nitrogen and oxygen atoms in total. The number of nitrogens with two attached hydrogens (primary N) is 1. The third-order valence-electron chi connectivity index (χ3n) is 9.01. The molecule has 312 valence electrons. The fourth-order valence-corrected chi connectivity index (χ4v) is 6.48. The van der Waals surface area contributed by atoms with Gasteiger partial charge in [0.15, 0.2) is 6.10 Å². The minimum Gasteiger partial charge on any atom is -0.462 e. The van der Waals surface area contributed by atoms with Gasteiger partial charge in [-0.25, -0.2) is 4.57 Å². The minimum atomic E-state index is -4.40. The van der Waals surface area contributed by atoms with E-state index >= 15 is 0 Å². The SMILES string of the molecule is CCCCCCCC/C=C\CCCCCCCC(=O)OCC(COP(=O)(O)OCCN)OC(=O)CCCCCCC/C=C\CC(O)C(O)CCCCC. The lowest BCUT2D eigenvalue weighted by Gasteiger charge is -2.19. The first-order valence-corrected chi connectivity index (χ1v) is 22.5. The van der Waals surface area contributed by atoms with Crippen LogP contribution in [0.3, 0.4) is 0 Å². The van der Waals surface area contributed by atoms with Gasteiger partial charge in [0.2, 0.25) is 0 Å². The number of aliphatic hydroxyl groups excluding tert-OH is 2. The molecule has 0 spiro atoms. The Labute approximate surface area is 322 Å². The van der Waals surface area contributed by atoms with Crippen LogP contribution >= 0.6 is 7.82 Å². The van der Waals surface area contributed by atoms with Gasteiger partial charge in [-0.2, -0.15) is 0 Å². The van der Waals surface area contributed by atoms with Crippen molar-refractivity contribution in [1.82, 2.24) is 0 Å². The molecule has 0 saturated carbocycles. The van der Waals surface area contributed by atoms with Gasteiger partial charge < -0.3 is 30.3 Å². The Bertz CT molecular complexity index is 963. The van der Waals surface area contributed by atoms with E-state index in [-0.39, 0.29) is 32.6 Å². The molecule has 0 radical (unpaired) electrons. The van der Waals surface area contributed by atoms with Crippen molar-refractivity contribution in [2.45, 2.75) is 199 Å². The second-order valence-electron chi connectivity index (χ2n) is 14.2. The highest BCUT2D eigenvalue weighted by Gasteiger charge is 2.26. The van der Waals surface area contributed by atoms with Gasteiger partial charge in [-0.05, 0) is 64.2 Å². The number of phosphoric ester groups is 1. The lowest BCUT2D eigenvalue weighted by molar-refractivity contribution is -0.161. The molecular formula is C41H78NO10P. The van der Waals surface area contributed by atoms with Crippen LogP contribution in [0.15, 0.2) is 24.3 Å². The van der Waals surface area contributed by atoms with Gasteiger partial charge in [-0.1, -0.05) is 128 Å². The van der Waals surface area contributed by atoms with Crippen molar-refractivity contribution < 1.29 is 47.8 Å². The molecule has 0 aromatic heterocycles. The zero-order valence-electron chi connectivity index (χ0n) is 33.5. The summed E-state index contributed by atoms with van der Waals surface area (Å²) in [5.41, 5.74) is 5.33. The van der Waals surface area contributed by atoms with Crippen LogP contribution < -0.4 is 5.73 Å². The molecule has 0 rings (SSSR count). The van der Waals surface area contributed by atoms with Crippen LogP contribution in [0.4, 0.5) is 0 Å². The number of ether oxygens (including phenoxy) is 2. The Morgan fingerprint density at radius 2 is 1.11 bits per heavy atom. The fourth-order valence-electron chi connectivity index (χ4n) is 5.71. The van der Waals surface area contributed by atoms with Gasteiger partial charge in [0.05, 0.1) is 25.4 Å². The van der Waals surface area contributed by atoms with Gasteiger partial charge in [0.25, 0.3) is 0 Å². The molecular weight excluding hydrogens is 697 g/mol. The summed E-state index contributed by atoms with van der Waals surface area (Å²) in [5.74, 6) is -0.915. The zero-order chi connectivity index (χ0) is 39.3. The summed E-state index contributed by atoms with van der Waals surface area (Å²) in [6.45, 7) is 3.46. The first-order chi connectivity index (χ1) is 25.6.